The maximum atomic E-state index is 13.0. The molecule has 0 aliphatic heterocycles. The summed E-state index contributed by atoms with van der Waals surface area (Å²) in [6, 6.07) is 0.752. The number of thiazole rings is 1. The lowest BCUT2D eigenvalue weighted by Crippen LogP contribution is -2.54. The fraction of sp³-hybridized carbons (Fsp3) is 0.462. The Balaban J connectivity index is 1.83. The summed E-state index contributed by atoms with van der Waals surface area (Å²) in [6.07, 6.45) is -2.91. The van der Waals surface area contributed by atoms with Crippen molar-refractivity contribution >= 4 is 17.2 Å². The molecule has 1 amide bonds. The normalized spacial score (nSPS) is 21.1. The minimum absolute atomic E-state index is 0.00603. The molecule has 0 unspecified atom stereocenters. The molecule has 1 aliphatic rings. The summed E-state index contributed by atoms with van der Waals surface area (Å²) in [5.74, 6) is -0.440. The van der Waals surface area contributed by atoms with Crippen LogP contribution in [0.5, 0.6) is 0 Å². The number of hydrogen-bond acceptors (Lipinski definition) is 5. The Morgan fingerprint density at radius 3 is 2.78 bits per heavy atom. The van der Waals surface area contributed by atoms with Gasteiger partial charge >= 0.3 is 6.18 Å². The molecule has 0 aromatic carbocycles. The molecule has 10 heteroatoms. The van der Waals surface area contributed by atoms with Gasteiger partial charge in [-0.25, -0.2) is 9.67 Å². The molecule has 2 aromatic heterocycles. The third kappa shape index (κ3) is 3.08. The van der Waals surface area contributed by atoms with Crippen molar-refractivity contribution in [3.63, 3.8) is 0 Å². The van der Waals surface area contributed by atoms with Gasteiger partial charge in [0.15, 0.2) is 5.69 Å². The van der Waals surface area contributed by atoms with Crippen LogP contribution in [0.1, 0.15) is 34.7 Å². The first-order chi connectivity index (χ1) is 10.8. The van der Waals surface area contributed by atoms with Crippen molar-refractivity contribution in [3.8, 4) is 5.13 Å². The Hall–Kier alpha value is -1.94. The SMILES string of the molecule is Cc1cc(C(F)(F)F)n(-c2nc(C(=O)N[C@H]3CC[C@H]3N)cs2)n1. The number of nitrogens with zero attached hydrogens (tertiary/aromatic N) is 3. The van der Waals surface area contributed by atoms with Crippen LogP contribution in [-0.4, -0.2) is 32.8 Å². The first-order valence-electron chi connectivity index (χ1n) is 6.92. The summed E-state index contributed by atoms with van der Waals surface area (Å²) in [5, 5.41) is 7.94. The zero-order valence-corrected chi connectivity index (χ0v) is 12.9. The zero-order valence-electron chi connectivity index (χ0n) is 12.1. The predicted molar refractivity (Wildman–Crippen MR) is 77.4 cm³/mol. The molecule has 1 saturated carbocycles. The standard InChI is InChI=1S/C13H14F3N5OS/c1-6-4-10(13(14,15)16)21(20-6)12-19-9(5-23-12)11(22)18-8-3-2-7(8)17/h4-5,7-8H,2-3,17H2,1H3,(H,18,22)/t7-,8+/m1/s1. The largest absolute Gasteiger partial charge is 0.433 e. The van der Waals surface area contributed by atoms with Crippen molar-refractivity contribution in [1.82, 2.24) is 20.1 Å². The van der Waals surface area contributed by atoms with Gasteiger partial charge in [0.2, 0.25) is 5.13 Å². The second-order valence-electron chi connectivity index (χ2n) is 5.42. The molecule has 3 N–H and O–H groups in total. The van der Waals surface area contributed by atoms with Crippen molar-refractivity contribution in [2.75, 3.05) is 0 Å². The molecule has 2 aromatic rings. The highest BCUT2D eigenvalue weighted by Crippen LogP contribution is 2.32. The number of nitrogens with two attached hydrogens (primary N) is 1. The van der Waals surface area contributed by atoms with E-state index in [1.54, 1.807) is 0 Å². The van der Waals surface area contributed by atoms with Crippen LogP contribution in [0.15, 0.2) is 11.4 Å². The van der Waals surface area contributed by atoms with E-state index >= 15 is 0 Å². The minimum Gasteiger partial charge on any atom is -0.346 e. The van der Waals surface area contributed by atoms with Crippen LogP contribution in [0, 0.1) is 6.92 Å². The molecule has 2 heterocycles. The fourth-order valence-electron chi connectivity index (χ4n) is 2.26. The van der Waals surface area contributed by atoms with E-state index < -0.39 is 17.8 Å². The number of aryl methyl sites for hydroxylation is 1. The van der Waals surface area contributed by atoms with E-state index in [2.05, 4.69) is 15.4 Å². The van der Waals surface area contributed by atoms with Gasteiger partial charge in [0.1, 0.15) is 5.69 Å². The van der Waals surface area contributed by atoms with Gasteiger partial charge < -0.3 is 11.1 Å². The number of halogens is 3. The Morgan fingerprint density at radius 1 is 1.48 bits per heavy atom. The van der Waals surface area contributed by atoms with Gasteiger partial charge in [-0.15, -0.1) is 11.3 Å². The monoisotopic (exact) mass is 345 g/mol. The lowest BCUT2D eigenvalue weighted by atomic mass is 9.87. The van der Waals surface area contributed by atoms with Crippen LogP contribution in [0.3, 0.4) is 0 Å². The summed E-state index contributed by atoms with van der Waals surface area (Å²) in [7, 11) is 0. The molecule has 23 heavy (non-hydrogen) atoms. The van der Waals surface area contributed by atoms with E-state index in [0.29, 0.717) is 4.68 Å². The number of alkyl halides is 3. The number of rotatable bonds is 3. The summed E-state index contributed by atoms with van der Waals surface area (Å²) in [6.45, 7) is 1.46. The average molecular weight is 345 g/mol. The average Bonchev–Trinajstić information content (AvgIpc) is 3.08. The fourth-order valence-corrected chi connectivity index (χ4v) is 3.03. The number of amides is 1. The van der Waals surface area contributed by atoms with Gasteiger partial charge in [-0.3, -0.25) is 4.79 Å². The maximum absolute atomic E-state index is 13.0. The first kappa shape index (κ1) is 15.9. The van der Waals surface area contributed by atoms with Crippen LogP contribution in [0.25, 0.3) is 5.13 Å². The van der Waals surface area contributed by atoms with Gasteiger partial charge in [-0.05, 0) is 25.8 Å². The van der Waals surface area contributed by atoms with Gasteiger partial charge in [0, 0.05) is 17.5 Å². The van der Waals surface area contributed by atoms with Crippen LogP contribution < -0.4 is 11.1 Å². The highest BCUT2D eigenvalue weighted by atomic mass is 32.1. The minimum atomic E-state index is -4.55. The number of nitrogens with one attached hydrogen (secondary N) is 1. The molecule has 124 valence electrons. The van der Waals surface area contributed by atoms with Gasteiger partial charge in [-0.2, -0.15) is 18.3 Å². The third-order valence-corrected chi connectivity index (χ3v) is 4.49. The van der Waals surface area contributed by atoms with E-state index in [1.165, 1.54) is 12.3 Å². The molecule has 0 radical (unpaired) electrons. The van der Waals surface area contributed by atoms with E-state index in [1.807, 2.05) is 0 Å². The van der Waals surface area contributed by atoms with Crippen LogP contribution >= 0.6 is 11.3 Å². The number of carbonyl (C=O) groups is 1. The van der Waals surface area contributed by atoms with Crippen molar-refractivity contribution in [2.45, 2.75) is 38.0 Å². The first-order valence-corrected chi connectivity index (χ1v) is 7.80. The van der Waals surface area contributed by atoms with E-state index in [9.17, 15) is 18.0 Å². The molecule has 0 bridgehead atoms. The molecular weight excluding hydrogens is 331 g/mol. The van der Waals surface area contributed by atoms with Crippen LogP contribution in [0.2, 0.25) is 0 Å². The quantitative estimate of drug-likeness (QED) is 0.889. The third-order valence-electron chi connectivity index (χ3n) is 3.67. The lowest BCUT2D eigenvalue weighted by molar-refractivity contribution is -0.142. The highest BCUT2D eigenvalue weighted by molar-refractivity contribution is 7.12. The smallest absolute Gasteiger partial charge is 0.346 e. The molecule has 3 rings (SSSR count). The van der Waals surface area contributed by atoms with E-state index in [4.69, 9.17) is 5.73 Å². The summed E-state index contributed by atoms with van der Waals surface area (Å²) < 4.78 is 39.7. The van der Waals surface area contributed by atoms with Crippen molar-refractivity contribution < 1.29 is 18.0 Å². The van der Waals surface area contributed by atoms with Gasteiger partial charge in [-0.1, -0.05) is 0 Å². The van der Waals surface area contributed by atoms with Gasteiger partial charge in [0.25, 0.3) is 5.91 Å². The molecule has 1 aliphatic carbocycles. The highest BCUT2D eigenvalue weighted by Gasteiger charge is 2.37. The number of hydrogen-bond donors (Lipinski definition) is 2. The maximum Gasteiger partial charge on any atom is 0.433 e. The topological polar surface area (TPSA) is 85.8 Å². The second-order valence-corrected chi connectivity index (χ2v) is 6.25. The predicted octanol–water partition coefficient (Wildman–Crippen LogP) is 1.88. The second kappa shape index (κ2) is 5.60. The Labute approximate surface area is 133 Å². The Kier molecular flexibility index (Phi) is 3.88. The molecule has 0 spiro atoms. The van der Waals surface area contributed by atoms with Crippen molar-refractivity contribution in [2.24, 2.45) is 5.73 Å². The summed E-state index contributed by atoms with van der Waals surface area (Å²) >= 11 is 0.925. The molecule has 1 fully saturated rings. The summed E-state index contributed by atoms with van der Waals surface area (Å²) in [5.41, 5.74) is 5.11. The molecular formula is C13H14F3N5OS. The molecule has 6 nitrogen and oxygen atoms in total. The van der Waals surface area contributed by atoms with Crippen LogP contribution in [0.4, 0.5) is 13.2 Å². The Morgan fingerprint density at radius 2 is 2.22 bits per heavy atom. The molecule has 2 atom stereocenters. The Bertz CT molecular complexity index is 738. The number of carbonyl (C=O) groups excluding carboxylic acids is 1. The summed E-state index contributed by atoms with van der Waals surface area (Å²) in [4.78, 5) is 16.0. The van der Waals surface area contributed by atoms with E-state index in [0.717, 1.165) is 30.2 Å². The number of aromatic nitrogens is 3. The van der Waals surface area contributed by atoms with Crippen molar-refractivity contribution in [3.05, 3.63) is 28.5 Å². The molecule has 0 saturated heterocycles. The zero-order chi connectivity index (χ0) is 16.8. The van der Waals surface area contributed by atoms with Crippen molar-refractivity contribution in [1.29, 1.82) is 0 Å². The lowest BCUT2D eigenvalue weighted by Gasteiger charge is -2.33. The van der Waals surface area contributed by atoms with E-state index in [-0.39, 0.29) is 28.6 Å². The van der Waals surface area contributed by atoms with Crippen LogP contribution in [-0.2, 0) is 6.18 Å². The van der Waals surface area contributed by atoms with Gasteiger partial charge in [0.05, 0.1) is 5.69 Å².